The molecule has 0 aromatic carbocycles. The van der Waals surface area contributed by atoms with Crippen molar-refractivity contribution in [1.82, 2.24) is 5.32 Å². The van der Waals surface area contributed by atoms with Crippen molar-refractivity contribution in [1.29, 1.82) is 0 Å². The van der Waals surface area contributed by atoms with Crippen molar-refractivity contribution in [3.63, 3.8) is 0 Å². The van der Waals surface area contributed by atoms with E-state index in [2.05, 4.69) is 43.5 Å². The minimum atomic E-state index is -0.362. The quantitative estimate of drug-likeness (QED) is 0.0454. The van der Waals surface area contributed by atoms with E-state index in [0.717, 1.165) is 25.7 Å². The van der Waals surface area contributed by atoms with E-state index in [0.29, 0.717) is 25.9 Å². The summed E-state index contributed by atoms with van der Waals surface area (Å²) in [5, 5.41) is 3.21. The first-order valence-electron chi connectivity index (χ1n) is 19.6. The maximum atomic E-state index is 12.4. The van der Waals surface area contributed by atoms with Crippen molar-refractivity contribution in [3.8, 4) is 0 Å². The SMILES string of the molecule is CCCCCCCCC=CCCCCCCCC(=O)OC1CNC[C@H]1OC(=O)CCCCCCCC=CCCCCCCCC. The van der Waals surface area contributed by atoms with Crippen LogP contribution in [0.25, 0.3) is 0 Å². The number of nitrogens with one attached hydrogen (secondary N) is 1. The second-order valence-corrected chi connectivity index (χ2v) is 13.4. The number of allylic oxidation sites excluding steroid dienone is 4. The van der Waals surface area contributed by atoms with Crippen LogP contribution in [0.3, 0.4) is 0 Å². The lowest BCUT2D eigenvalue weighted by Gasteiger charge is -2.19. The zero-order valence-corrected chi connectivity index (χ0v) is 29.8. The highest BCUT2D eigenvalue weighted by Crippen LogP contribution is 2.16. The standard InChI is InChI=1S/C40H73NO4/c1-3-5-7-9-11-13-15-17-19-21-23-25-27-29-31-33-39(42)44-37-35-41-36-38(37)45-40(43)34-32-30-28-26-24-22-20-18-16-14-12-10-8-6-4-2/h17-20,37-38,41H,3-16,21-36H2,1-2H3/t37-,38?/m1/s1. The molecule has 1 aliphatic heterocycles. The van der Waals surface area contributed by atoms with Gasteiger partial charge in [0.1, 0.15) is 0 Å². The van der Waals surface area contributed by atoms with Crippen LogP contribution in [0.1, 0.15) is 194 Å². The molecule has 5 nitrogen and oxygen atoms in total. The summed E-state index contributed by atoms with van der Waals surface area (Å²) in [5.41, 5.74) is 0. The van der Waals surface area contributed by atoms with Gasteiger partial charge in [-0.3, -0.25) is 9.59 Å². The minimum absolute atomic E-state index is 0.167. The molecular weight excluding hydrogens is 558 g/mol. The summed E-state index contributed by atoms with van der Waals surface area (Å²) >= 11 is 0. The maximum Gasteiger partial charge on any atom is 0.306 e. The average Bonchev–Trinajstić information content (AvgIpc) is 3.46. The molecule has 0 aromatic heterocycles. The van der Waals surface area contributed by atoms with E-state index >= 15 is 0 Å². The third kappa shape index (κ3) is 27.2. The van der Waals surface area contributed by atoms with Crippen molar-refractivity contribution in [2.45, 2.75) is 206 Å². The van der Waals surface area contributed by atoms with E-state index in [1.165, 1.54) is 141 Å². The van der Waals surface area contributed by atoms with Gasteiger partial charge in [-0.1, -0.05) is 141 Å². The lowest BCUT2D eigenvalue weighted by Crippen LogP contribution is -2.33. The molecule has 5 heteroatoms. The van der Waals surface area contributed by atoms with E-state index in [4.69, 9.17) is 9.47 Å². The van der Waals surface area contributed by atoms with Crippen LogP contribution in [-0.4, -0.2) is 37.2 Å². The third-order valence-electron chi connectivity index (χ3n) is 8.96. The molecule has 1 fully saturated rings. The second-order valence-electron chi connectivity index (χ2n) is 13.4. The van der Waals surface area contributed by atoms with E-state index in [1.807, 2.05) is 0 Å². The largest absolute Gasteiger partial charge is 0.457 e. The molecule has 0 spiro atoms. The highest BCUT2D eigenvalue weighted by molar-refractivity contribution is 5.70. The molecule has 0 aromatic rings. The Morgan fingerprint density at radius 1 is 0.467 bits per heavy atom. The molecular formula is C40H73NO4. The topological polar surface area (TPSA) is 64.6 Å². The van der Waals surface area contributed by atoms with Crippen molar-refractivity contribution in [2.24, 2.45) is 0 Å². The average molecular weight is 632 g/mol. The summed E-state index contributed by atoms with van der Waals surface area (Å²) in [7, 11) is 0. The smallest absolute Gasteiger partial charge is 0.306 e. The summed E-state index contributed by atoms with van der Waals surface area (Å²) in [6, 6.07) is 0. The zero-order valence-electron chi connectivity index (χ0n) is 29.8. The Morgan fingerprint density at radius 2 is 0.756 bits per heavy atom. The van der Waals surface area contributed by atoms with Gasteiger partial charge in [0.25, 0.3) is 0 Å². The van der Waals surface area contributed by atoms with Gasteiger partial charge in [0.2, 0.25) is 0 Å². The van der Waals surface area contributed by atoms with E-state index in [-0.39, 0.29) is 24.1 Å². The predicted octanol–water partition coefficient (Wildman–Crippen LogP) is 11.5. The van der Waals surface area contributed by atoms with Gasteiger partial charge < -0.3 is 14.8 Å². The lowest BCUT2D eigenvalue weighted by molar-refractivity contribution is -0.164. The predicted molar refractivity (Wildman–Crippen MR) is 192 cm³/mol. The number of hydrogen-bond donors (Lipinski definition) is 1. The first kappa shape index (κ1) is 41.4. The molecule has 45 heavy (non-hydrogen) atoms. The first-order valence-corrected chi connectivity index (χ1v) is 19.6. The molecule has 1 N–H and O–H groups in total. The molecule has 0 saturated carbocycles. The molecule has 0 aliphatic carbocycles. The summed E-state index contributed by atoms with van der Waals surface area (Å²) in [4.78, 5) is 24.8. The van der Waals surface area contributed by atoms with Crippen molar-refractivity contribution >= 4 is 11.9 Å². The monoisotopic (exact) mass is 632 g/mol. The summed E-state index contributed by atoms with van der Waals surface area (Å²) in [6.45, 7) is 5.65. The van der Waals surface area contributed by atoms with Crippen LogP contribution in [-0.2, 0) is 19.1 Å². The molecule has 2 atom stereocenters. The maximum absolute atomic E-state index is 12.4. The second kappa shape index (κ2) is 32.3. The van der Waals surface area contributed by atoms with E-state index < -0.39 is 0 Å². The van der Waals surface area contributed by atoms with Gasteiger partial charge in [-0.15, -0.1) is 0 Å². The molecule has 1 aliphatic rings. The van der Waals surface area contributed by atoms with Crippen LogP contribution in [0.5, 0.6) is 0 Å². The third-order valence-corrected chi connectivity index (χ3v) is 8.96. The molecule has 0 radical (unpaired) electrons. The molecule has 1 heterocycles. The van der Waals surface area contributed by atoms with Gasteiger partial charge in [0.15, 0.2) is 12.2 Å². The van der Waals surface area contributed by atoms with Gasteiger partial charge in [-0.25, -0.2) is 0 Å². The fraction of sp³-hybridized carbons (Fsp3) is 0.850. The van der Waals surface area contributed by atoms with Gasteiger partial charge in [-0.2, -0.15) is 0 Å². The Bertz CT molecular complexity index is 674. The van der Waals surface area contributed by atoms with Crippen LogP contribution < -0.4 is 5.32 Å². The fourth-order valence-corrected chi connectivity index (χ4v) is 6.00. The molecule has 262 valence electrons. The summed E-state index contributed by atoms with van der Waals surface area (Å²) in [5.74, 6) is -0.334. The van der Waals surface area contributed by atoms with E-state index in [9.17, 15) is 9.59 Å². The highest BCUT2D eigenvalue weighted by Gasteiger charge is 2.33. The van der Waals surface area contributed by atoms with Crippen LogP contribution in [0.15, 0.2) is 24.3 Å². The Balaban J connectivity index is 1.95. The van der Waals surface area contributed by atoms with Crippen LogP contribution in [0.4, 0.5) is 0 Å². The minimum Gasteiger partial charge on any atom is -0.457 e. The number of esters is 2. The van der Waals surface area contributed by atoms with Gasteiger partial charge in [-0.05, 0) is 64.2 Å². The van der Waals surface area contributed by atoms with Gasteiger partial charge in [0, 0.05) is 25.9 Å². The number of carbonyl (C=O) groups is 2. The Morgan fingerprint density at radius 3 is 1.09 bits per heavy atom. The van der Waals surface area contributed by atoms with E-state index in [1.54, 1.807) is 0 Å². The molecule has 1 rings (SSSR count). The summed E-state index contributed by atoms with van der Waals surface area (Å²) < 4.78 is 11.4. The van der Waals surface area contributed by atoms with Crippen LogP contribution in [0.2, 0.25) is 0 Å². The van der Waals surface area contributed by atoms with Gasteiger partial charge in [0.05, 0.1) is 0 Å². The number of ether oxygens (including phenoxy) is 2. The van der Waals surface area contributed by atoms with Crippen LogP contribution >= 0.6 is 0 Å². The van der Waals surface area contributed by atoms with Crippen molar-refractivity contribution in [3.05, 3.63) is 24.3 Å². The van der Waals surface area contributed by atoms with Crippen molar-refractivity contribution in [2.75, 3.05) is 13.1 Å². The van der Waals surface area contributed by atoms with Crippen molar-refractivity contribution < 1.29 is 19.1 Å². The number of hydrogen-bond acceptors (Lipinski definition) is 5. The normalized spacial score (nSPS) is 16.7. The Labute approximate surface area is 279 Å². The first-order chi connectivity index (χ1) is 22.2. The van der Waals surface area contributed by atoms with Crippen LogP contribution in [0, 0.1) is 0 Å². The zero-order chi connectivity index (χ0) is 32.5. The molecule has 0 bridgehead atoms. The summed E-state index contributed by atoms with van der Waals surface area (Å²) in [6.07, 6.45) is 41.8. The number of rotatable bonds is 32. The highest BCUT2D eigenvalue weighted by atomic mass is 16.6. The fourth-order valence-electron chi connectivity index (χ4n) is 6.00. The molecule has 0 amide bonds. The lowest BCUT2D eigenvalue weighted by atomic mass is 10.1. The van der Waals surface area contributed by atoms with Gasteiger partial charge >= 0.3 is 11.9 Å². The number of carbonyl (C=O) groups excluding carboxylic acids is 2. The Kier molecular flexibility index (Phi) is 29.7. The molecule has 1 unspecified atom stereocenters. The molecule has 1 saturated heterocycles. The number of unbranched alkanes of at least 4 members (excludes halogenated alkanes) is 22. The Hall–Kier alpha value is -1.62.